The zero-order valence-corrected chi connectivity index (χ0v) is 46.2. The molecule has 0 saturated carbocycles. The third-order valence-electron chi connectivity index (χ3n) is 12.3. The van der Waals surface area contributed by atoms with Gasteiger partial charge in [-0.3, -0.25) is 14.4 Å². The summed E-state index contributed by atoms with van der Waals surface area (Å²) in [5.74, 6) is -0.985. The molecule has 0 rings (SSSR count). The molecule has 0 heterocycles. The van der Waals surface area contributed by atoms with Crippen LogP contribution in [0, 0.1) is 0 Å². The van der Waals surface area contributed by atoms with Gasteiger partial charge in [-0.2, -0.15) is 0 Å². The average molecular weight is 986 g/mol. The summed E-state index contributed by atoms with van der Waals surface area (Å²) in [5.41, 5.74) is 0. The highest BCUT2D eigenvalue weighted by Gasteiger charge is 2.19. The Morgan fingerprint density at radius 1 is 0.296 bits per heavy atom. The van der Waals surface area contributed by atoms with Crippen LogP contribution in [0.3, 0.4) is 0 Å². The highest BCUT2D eigenvalue weighted by molar-refractivity contribution is 5.71. The fraction of sp³-hybridized carbons (Fsp3) is 0.677. The van der Waals surface area contributed by atoms with Gasteiger partial charge in [0.25, 0.3) is 0 Å². The second-order valence-corrected chi connectivity index (χ2v) is 19.1. The monoisotopic (exact) mass is 985 g/mol. The molecule has 0 N–H and O–H groups in total. The van der Waals surface area contributed by atoms with E-state index in [2.05, 4.69) is 130 Å². The Hall–Kier alpha value is -3.93. The lowest BCUT2D eigenvalue weighted by atomic mass is 10.0. The van der Waals surface area contributed by atoms with E-state index in [1.165, 1.54) is 103 Å². The highest BCUT2D eigenvalue weighted by Crippen LogP contribution is 2.16. The number of esters is 3. The molecule has 0 aromatic carbocycles. The summed E-state index contributed by atoms with van der Waals surface area (Å²) in [6.07, 6.45) is 79.4. The molecule has 0 unspecified atom stereocenters. The fourth-order valence-corrected chi connectivity index (χ4v) is 7.94. The second kappa shape index (κ2) is 58.6. The molecule has 0 aliphatic rings. The van der Waals surface area contributed by atoms with Gasteiger partial charge in [0.05, 0.1) is 0 Å². The first kappa shape index (κ1) is 67.1. The van der Waals surface area contributed by atoms with Crippen LogP contribution in [-0.4, -0.2) is 37.2 Å². The number of rotatable bonds is 52. The lowest BCUT2D eigenvalue weighted by molar-refractivity contribution is -0.167. The zero-order valence-electron chi connectivity index (χ0n) is 46.2. The summed E-state index contributed by atoms with van der Waals surface area (Å²) in [6, 6.07) is 0. The van der Waals surface area contributed by atoms with Crippen molar-refractivity contribution in [3.63, 3.8) is 0 Å². The van der Waals surface area contributed by atoms with Gasteiger partial charge in [0.15, 0.2) is 6.10 Å². The molecule has 0 amide bonds. The number of carbonyl (C=O) groups excluding carboxylic acids is 3. The van der Waals surface area contributed by atoms with Crippen LogP contribution < -0.4 is 0 Å². The van der Waals surface area contributed by atoms with Crippen LogP contribution in [0.25, 0.3) is 0 Å². The van der Waals surface area contributed by atoms with Crippen molar-refractivity contribution in [2.45, 2.75) is 271 Å². The number of ether oxygens (including phenoxy) is 3. The van der Waals surface area contributed by atoms with Crippen LogP contribution in [0.4, 0.5) is 0 Å². The molecule has 0 aliphatic carbocycles. The van der Waals surface area contributed by atoms with Crippen LogP contribution in [0.15, 0.2) is 109 Å². The van der Waals surface area contributed by atoms with Crippen LogP contribution in [0.5, 0.6) is 0 Å². The van der Waals surface area contributed by atoms with E-state index in [1.54, 1.807) is 0 Å². The van der Waals surface area contributed by atoms with E-state index in [9.17, 15) is 14.4 Å². The number of unbranched alkanes of at least 4 members (excludes halogenated alkanes) is 23. The van der Waals surface area contributed by atoms with Crippen molar-refractivity contribution < 1.29 is 28.6 Å². The number of hydrogen-bond donors (Lipinski definition) is 0. The van der Waals surface area contributed by atoms with Crippen molar-refractivity contribution >= 4 is 17.9 Å². The molecule has 0 aromatic heterocycles. The first-order valence-corrected chi connectivity index (χ1v) is 29.4. The lowest BCUT2D eigenvalue weighted by Gasteiger charge is -2.18. The highest BCUT2D eigenvalue weighted by atomic mass is 16.6. The molecule has 0 aliphatic heterocycles. The zero-order chi connectivity index (χ0) is 51.4. The van der Waals surface area contributed by atoms with Crippen LogP contribution >= 0.6 is 0 Å². The fourth-order valence-electron chi connectivity index (χ4n) is 7.94. The van der Waals surface area contributed by atoms with Crippen molar-refractivity contribution in [2.24, 2.45) is 0 Å². The molecule has 404 valence electrons. The molecular weight excluding hydrogens is 877 g/mol. The molecule has 6 nitrogen and oxygen atoms in total. The van der Waals surface area contributed by atoms with Gasteiger partial charge in [0.1, 0.15) is 13.2 Å². The quantitative estimate of drug-likeness (QED) is 0.0261. The van der Waals surface area contributed by atoms with Gasteiger partial charge in [0.2, 0.25) is 0 Å². The van der Waals surface area contributed by atoms with E-state index in [0.717, 1.165) is 116 Å². The molecule has 0 spiro atoms. The van der Waals surface area contributed by atoms with E-state index in [1.807, 2.05) is 0 Å². The van der Waals surface area contributed by atoms with E-state index < -0.39 is 6.10 Å². The number of hydrogen-bond acceptors (Lipinski definition) is 6. The molecule has 0 saturated heterocycles. The number of allylic oxidation sites excluding steroid dienone is 18. The molecule has 0 fully saturated rings. The molecule has 0 bridgehead atoms. The van der Waals surface area contributed by atoms with Crippen molar-refractivity contribution in [1.29, 1.82) is 0 Å². The smallest absolute Gasteiger partial charge is 0.306 e. The van der Waals surface area contributed by atoms with Crippen molar-refractivity contribution in [3.8, 4) is 0 Å². The summed E-state index contributed by atoms with van der Waals surface area (Å²) in [4.78, 5) is 38.2. The SMILES string of the molecule is CC/C=C\C/C=C\C/C=C\C/C=C\C/C=C\CCCC(=O)OC[C@H](COC(=O)CCCCCC/C=C\C/C=C\C/C=C\C/C=C\CC)OC(=O)CCCCCCCCCCCCCCCCCCCCC. The minimum Gasteiger partial charge on any atom is -0.462 e. The molecule has 6 heteroatoms. The molecule has 71 heavy (non-hydrogen) atoms. The summed E-state index contributed by atoms with van der Waals surface area (Å²) < 4.78 is 16.8. The van der Waals surface area contributed by atoms with Gasteiger partial charge < -0.3 is 14.2 Å². The third kappa shape index (κ3) is 56.9. The summed E-state index contributed by atoms with van der Waals surface area (Å²) in [6.45, 7) is 6.36. The predicted octanol–water partition coefficient (Wildman–Crippen LogP) is 19.9. The van der Waals surface area contributed by atoms with Gasteiger partial charge >= 0.3 is 17.9 Å². The Balaban J connectivity index is 4.49. The third-order valence-corrected chi connectivity index (χ3v) is 12.3. The second-order valence-electron chi connectivity index (χ2n) is 19.1. The maximum atomic E-state index is 12.9. The average Bonchev–Trinajstić information content (AvgIpc) is 3.37. The Kier molecular flexibility index (Phi) is 55.4. The Morgan fingerprint density at radius 3 is 0.915 bits per heavy atom. The minimum atomic E-state index is -0.812. The maximum Gasteiger partial charge on any atom is 0.306 e. The largest absolute Gasteiger partial charge is 0.462 e. The van der Waals surface area contributed by atoms with E-state index in [4.69, 9.17) is 14.2 Å². The van der Waals surface area contributed by atoms with Gasteiger partial charge in [-0.1, -0.05) is 259 Å². The van der Waals surface area contributed by atoms with Crippen LogP contribution in [-0.2, 0) is 28.6 Å². The van der Waals surface area contributed by atoms with E-state index >= 15 is 0 Å². The van der Waals surface area contributed by atoms with Gasteiger partial charge in [-0.15, -0.1) is 0 Å². The summed E-state index contributed by atoms with van der Waals surface area (Å²) in [5, 5.41) is 0. The van der Waals surface area contributed by atoms with Gasteiger partial charge in [-0.25, -0.2) is 0 Å². The Morgan fingerprint density at radius 2 is 0.563 bits per heavy atom. The molecule has 0 aromatic rings. The predicted molar refractivity (Wildman–Crippen MR) is 307 cm³/mol. The normalized spacial score (nSPS) is 12.9. The topological polar surface area (TPSA) is 78.9 Å². The van der Waals surface area contributed by atoms with Gasteiger partial charge in [-0.05, 0) is 96.3 Å². The summed E-state index contributed by atoms with van der Waals surface area (Å²) >= 11 is 0. The molecular formula is C65H108O6. The lowest BCUT2D eigenvalue weighted by Crippen LogP contribution is -2.30. The molecule has 0 radical (unpaired) electrons. The van der Waals surface area contributed by atoms with E-state index in [-0.39, 0.29) is 37.5 Å². The Labute approximate surface area is 438 Å². The molecule has 1 atom stereocenters. The van der Waals surface area contributed by atoms with Crippen molar-refractivity contribution in [1.82, 2.24) is 0 Å². The van der Waals surface area contributed by atoms with Gasteiger partial charge in [0, 0.05) is 19.3 Å². The maximum absolute atomic E-state index is 12.9. The first-order chi connectivity index (χ1) is 35.0. The number of carbonyl (C=O) groups is 3. The Bertz CT molecular complexity index is 1460. The van der Waals surface area contributed by atoms with Crippen molar-refractivity contribution in [3.05, 3.63) is 109 Å². The standard InChI is InChI=1S/C65H108O6/c1-4-7-10-13-16-19-22-25-28-31-32-35-38-41-44-47-50-53-56-59-65(68)71-62(60-69-63(66)57-54-51-48-45-42-39-36-33-29-26-23-20-17-14-11-8-5-2)61-70-64(67)58-55-52-49-46-43-40-37-34-30-27-24-21-18-15-12-9-6-3/h8-9,11-12,17-18,20-21,26-27,29-30,36-37,39-40,45,48,62H,4-7,10,13-16,19,22-25,28,31-35,38,41-44,46-47,49-61H2,1-3H3/b11-8-,12-9-,20-17-,21-18-,29-26-,30-27-,39-36-,40-37-,48-45-/t62-/m1/s1. The van der Waals surface area contributed by atoms with Crippen molar-refractivity contribution in [2.75, 3.05) is 13.2 Å². The minimum absolute atomic E-state index is 0.108. The first-order valence-electron chi connectivity index (χ1n) is 29.4. The summed E-state index contributed by atoms with van der Waals surface area (Å²) in [7, 11) is 0. The van der Waals surface area contributed by atoms with Crippen LogP contribution in [0.2, 0.25) is 0 Å². The van der Waals surface area contributed by atoms with Crippen LogP contribution in [0.1, 0.15) is 265 Å². The van der Waals surface area contributed by atoms with E-state index in [0.29, 0.717) is 19.3 Å².